The number of nitrogens with two attached hydrogens (primary N) is 1. The fraction of sp³-hybridized carbons (Fsp3) is 0.929. The second-order valence-electron chi connectivity index (χ2n) is 5.67. The van der Waals surface area contributed by atoms with E-state index >= 15 is 0 Å². The average Bonchev–Trinajstić information content (AvgIpc) is 2.34. The summed E-state index contributed by atoms with van der Waals surface area (Å²) in [5, 5.41) is 3.24. The van der Waals surface area contributed by atoms with Gasteiger partial charge in [0, 0.05) is 12.5 Å². The molecular weight excluding hydrogens is 212 g/mol. The Morgan fingerprint density at radius 3 is 2.29 bits per heavy atom. The summed E-state index contributed by atoms with van der Waals surface area (Å²) in [6.45, 7) is 7.01. The van der Waals surface area contributed by atoms with Gasteiger partial charge in [-0.05, 0) is 44.4 Å². The third kappa shape index (κ3) is 3.70. The third-order valence-electron chi connectivity index (χ3n) is 4.37. The van der Waals surface area contributed by atoms with Gasteiger partial charge < -0.3 is 11.1 Å². The summed E-state index contributed by atoms with van der Waals surface area (Å²) >= 11 is 0. The molecule has 0 aromatic heterocycles. The lowest BCUT2D eigenvalue weighted by molar-refractivity contribution is -0.127. The lowest BCUT2D eigenvalue weighted by Crippen LogP contribution is -2.56. The molecular formula is C14H28N2O. The van der Waals surface area contributed by atoms with Crippen LogP contribution in [-0.2, 0) is 4.79 Å². The van der Waals surface area contributed by atoms with Crippen LogP contribution >= 0.6 is 0 Å². The van der Waals surface area contributed by atoms with Crippen molar-refractivity contribution in [2.24, 2.45) is 17.6 Å². The fourth-order valence-electron chi connectivity index (χ4n) is 2.72. The number of carbonyl (C=O) groups is 1. The molecule has 17 heavy (non-hydrogen) atoms. The zero-order chi connectivity index (χ0) is 12.9. The molecule has 3 nitrogen and oxygen atoms in total. The highest BCUT2D eigenvalue weighted by atomic mass is 16.2. The molecule has 0 unspecified atom stereocenters. The van der Waals surface area contributed by atoms with Crippen LogP contribution < -0.4 is 11.1 Å². The number of nitrogens with one attached hydrogen (secondary N) is 1. The minimum Gasteiger partial charge on any atom is -0.349 e. The number of carbonyl (C=O) groups excluding carboxylic acids is 1. The van der Waals surface area contributed by atoms with E-state index in [9.17, 15) is 4.79 Å². The molecule has 0 saturated heterocycles. The Morgan fingerprint density at radius 2 is 1.88 bits per heavy atom. The lowest BCUT2D eigenvalue weighted by Gasteiger charge is -2.40. The zero-order valence-corrected chi connectivity index (χ0v) is 11.6. The molecule has 1 aliphatic rings. The maximum atomic E-state index is 12.2. The fourth-order valence-corrected chi connectivity index (χ4v) is 2.72. The standard InChI is InChI=1S/C14H28N2O/c1-4-12(5-2)13(17)16-14(10-15)8-6-11(3)7-9-14/h11-12H,4-10,15H2,1-3H3,(H,16,17). The summed E-state index contributed by atoms with van der Waals surface area (Å²) in [4.78, 5) is 12.2. The van der Waals surface area contributed by atoms with Crippen LogP contribution in [0.5, 0.6) is 0 Å². The molecule has 0 heterocycles. The van der Waals surface area contributed by atoms with Crippen LogP contribution in [-0.4, -0.2) is 18.0 Å². The van der Waals surface area contributed by atoms with Crippen molar-refractivity contribution in [3.8, 4) is 0 Å². The van der Waals surface area contributed by atoms with Crippen LogP contribution in [0.2, 0.25) is 0 Å². The minimum atomic E-state index is -0.119. The number of rotatable bonds is 5. The van der Waals surface area contributed by atoms with Crippen molar-refractivity contribution in [1.82, 2.24) is 5.32 Å². The minimum absolute atomic E-state index is 0.119. The first-order chi connectivity index (χ1) is 8.06. The first-order valence-corrected chi connectivity index (χ1v) is 7.09. The Hall–Kier alpha value is -0.570. The maximum absolute atomic E-state index is 12.2. The van der Waals surface area contributed by atoms with Gasteiger partial charge in [0.1, 0.15) is 0 Å². The normalized spacial score (nSPS) is 29.4. The van der Waals surface area contributed by atoms with E-state index in [1.807, 2.05) is 0 Å². The van der Waals surface area contributed by atoms with Gasteiger partial charge in [0.05, 0.1) is 5.54 Å². The van der Waals surface area contributed by atoms with E-state index in [-0.39, 0.29) is 17.4 Å². The largest absolute Gasteiger partial charge is 0.349 e. The molecule has 1 amide bonds. The van der Waals surface area contributed by atoms with E-state index in [1.54, 1.807) is 0 Å². The van der Waals surface area contributed by atoms with Gasteiger partial charge in [0.2, 0.25) is 5.91 Å². The Kier molecular flexibility index (Phi) is 5.44. The number of hydrogen-bond donors (Lipinski definition) is 2. The van der Waals surface area contributed by atoms with Crippen molar-refractivity contribution in [2.75, 3.05) is 6.54 Å². The van der Waals surface area contributed by atoms with Crippen molar-refractivity contribution >= 4 is 5.91 Å². The van der Waals surface area contributed by atoms with Gasteiger partial charge in [0.15, 0.2) is 0 Å². The van der Waals surface area contributed by atoms with Crippen molar-refractivity contribution in [3.05, 3.63) is 0 Å². The topological polar surface area (TPSA) is 55.1 Å². The van der Waals surface area contributed by atoms with E-state index in [0.717, 1.165) is 31.6 Å². The Balaban J connectivity index is 2.59. The molecule has 3 N–H and O–H groups in total. The molecule has 0 bridgehead atoms. The van der Waals surface area contributed by atoms with Crippen LogP contribution in [0.25, 0.3) is 0 Å². The quantitative estimate of drug-likeness (QED) is 0.775. The second-order valence-corrected chi connectivity index (χ2v) is 5.67. The van der Waals surface area contributed by atoms with Crippen LogP contribution in [0.3, 0.4) is 0 Å². The van der Waals surface area contributed by atoms with Crippen LogP contribution in [0.15, 0.2) is 0 Å². The summed E-state index contributed by atoms with van der Waals surface area (Å²) in [6.07, 6.45) is 6.27. The summed E-state index contributed by atoms with van der Waals surface area (Å²) in [7, 11) is 0. The zero-order valence-electron chi connectivity index (χ0n) is 11.6. The molecule has 0 aromatic carbocycles. The Labute approximate surface area is 106 Å². The third-order valence-corrected chi connectivity index (χ3v) is 4.37. The maximum Gasteiger partial charge on any atom is 0.223 e. The summed E-state index contributed by atoms with van der Waals surface area (Å²) in [5.41, 5.74) is 5.78. The van der Waals surface area contributed by atoms with Gasteiger partial charge in [0.25, 0.3) is 0 Å². The van der Waals surface area contributed by atoms with Gasteiger partial charge in [-0.25, -0.2) is 0 Å². The highest BCUT2D eigenvalue weighted by Gasteiger charge is 2.35. The molecule has 1 fully saturated rings. The Morgan fingerprint density at radius 1 is 1.35 bits per heavy atom. The highest BCUT2D eigenvalue weighted by molar-refractivity contribution is 5.79. The average molecular weight is 240 g/mol. The second kappa shape index (κ2) is 6.39. The monoisotopic (exact) mass is 240 g/mol. The van der Waals surface area contributed by atoms with Gasteiger partial charge in [-0.2, -0.15) is 0 Å². The molecule has 0 aromatic rings. The number of amides is 1. The SMILES string of the molecule is CCC(CC)C(=O)NC1(CN)CCC(C)CC1. The molecule has 0 radical (unpaired) electrons. The molecule has 1 rings (SSSR count). The van der Waals surface area contributed by atoms with Gasteiger partial charge in [-0.15, -0.1) is 0 Å². The van der Waals surface area contributed by atoms with Crippen molar-refractivity contribution < 1.29 is 4.79 Å². The summed E-state index contributed by atoms with van der Waals surface area (Å²) in [6, 6.07) is 0. The van der Waals surface area contributed by atoms with E-state index in [2.05, 4.69) is 26.1 Å². The van der Waals surface area contributed by atoms with E-state index < -0.39 is 0 Å². The smallest absolute Gasteiger partial charge is 0.223 e. The molecule has 0 atom stereocenters. The molecule has 100 valence electrons. The first-order valence-electron chi connectivity index (χ1n) is 7.09. The van der Waals surface area contributed by atoms with E-state index in [1.165, 1.54) is 12.8 Å². The van der Waals surface area contributed by atoms with Gasteiger partial charge in [-0.1, -0.05) is 20.8 Å². The summed E-state index contributed by atoms with van der Waals surface area (Å²) < 4.78 is 0. The van der Waals surface area contributed by atoms with E-state index in [0.29, 0.717) is 6.54 Å². The molecule has 3 heteroatoms. The highest BCUT2D eigenvalue weighted by Crippen LogP contribution is 2.31. The van der Waals surface area contributed by atoms with Gasteiger partial charge >= 0.3 is 0 Å². The van der Waals surface area contributed by atoms with Crippen molar-refractivity contribution in [3.63, 3.8) is 0 Å². The Bertz CT molecular complexity index is 241. The molecule has 0 aliphatic heterocycles. The van der Waals surface area contributed by atoms with E-state index in [4.69, 9.17) is 5.73 Å². The first kappa shape index (κ1) is 14.5. The van der Waals surface area contributed by atoms with Crippen molar-refractivity contribution in [2.45, 2.75) is 64.8 Å². The predicted molar refractivity (Wildman–Crippen MR) is 71.6 cm³/mol. The van der Waals surface area contributed by atoms with Crippen molar-refractivity contribution in [1.29, 1.82) is 0 Å². The predicted octanol–water partition coefficient (Wildman–Crippen LogP) is 2.45. The van der Waals surface area contributed by atoms with Gasteiger partial charge in [-0.3, -0.25) is 4.79 Å². The van der Waals surface area contributed by atoms with Crippen LogP contribution in [0, 0.1) is 11.8 Å². The molecule has 0 spiro atoms. The van der Waals surface area contributed by atoms with Crippen LogP contribution in [0.1, 0.15) is 59.3 Å². The molecule has 1 saturated carbocycles. The molecule has 1 aliphatic carbocycles. The lowest BCUT2D eigenvalue weighted by atomic mass is 9.77. The summed E-state index contributed by atoms with van der Waals surface area (Å²) in [5.74, 6) is 1.13. The van der Waals surface area contributed by atoms with Crippen LogP contribution in [0.4, 0.5) is 0 Å². The number of hydrogen-bond acceptors (Lipinski definition) is 2.